The molecule has 0 aliphatic rings. The maximum atomic E-state index is 5.73. The fourth-order valence-electron chi connectivity index (χ4n) is 2.18. The Balaban J connectivity index is 2.29. The molecular formula is C15H13NS. The largest absolute Gasteiger partial charge is 0.399 e. The predicted octanol–water partition coefficient (Wildman–Crippen LogP) is 4.46. The van der Waals surface area contributed by atoms with Gasteiger partial charge in [-0.3, -0.25) is 0 Å². The highest BCUT2D eigenvalue weighted by Crippen LogP contribution is 2.38. The van der Waals surface area contributed by atoms with Crippen LogP contribution in [0.25, 0.3) is 21.2 Å². The number of fused-ring (bicyclic) bond motifs is 1. The molecule has 3 aromatic rings. The Morgan fingerprint density at radius 2 is 1.65 bits per heavy atom. The third-order valence-electron chi connectivity index (χ3n) is 2.97. The first-order valence-corrected chi connectivity index (χ1v) is 6.41. The zero-order chi connectivity index (χ0) is 11.8. The van der Waals surface area contributed by atoms with E-state index in [1.54, 1.807) is 0 Å². The summed E-state index contributed by atoms with van der Waals surface area (Å²) in [6.07, 6.45) is 0. The molecule has 0 atom stereocenters. The highest BCUT2D eigenvalue weighted by atomic mass is 32.1. The van der Waals surface area contributed by atoms with Crippen molar-refractivity contribution in [3.63, 3.8) is 0 Å². The van der Waals surface area contributed by atoms with Gasteiger partial charge in [0.15, 0.2) is 0 Å². The monoisotopic (exact) mass is 239 g/mol. The van der Waals surface area contributed by atoms with Gasteiger partial charge in [0.25, 0.3) is 0 Å². The standard InChI is InChI=1S/C15H13NS/c1-10-15(11-6-8-12(16)9-7-11)13-4-2-3-5-14(13)17-10/h2-9H,16H2,1H3. The van der Waals surface area contributed by atoms with Gasteiger partial charge in [0.1, 0.15) is 0 Å². The van der Waals surface area contributed by atoms with E-state index in [2.05, 4.69) is 43.3 Å². The molecule has 0 radical (unpaired) electrons. The molecule has 1 aromatic heterocycles. The first-order valence-electron chi connectivity index (χ1n) is 5.60. The van der Waals surface area contributed by atoms with Gasteiger partial charge in [-0.2, -0.15) is 0 Å². The van der Waals surface area contributed by atoms with E-state index in [1.165, 1.54) is 26.1 Å². The molecule has 0 amide bonds. The maximum absolute atomic E-state index is 5.73. The lowest BCUT2D eigenvalue weighted by Gasteiger charge is -2.02. The molecule has 0 spiro atoms. The summed E-state index contributed by atoms with van der Waals surface area (Å²) in [5.74, 6) is 0. The number of anilines is 1. The van der Waals surface area contributed by atoms with E-state index >= 15 is 0 Å². The third-order valence-corrected chi connectivity index (χ3v) is 4.06. The van der Waals surface area contributed by atoms with Crippen molar-refractivity contribution >= 4 is 27.1 Å². The van der Waals surface area contributed by atoms with Gasteiger partial charge in [0, 0.05) is 26.2 Å². The Morgan fingerprint density at radius 3 is 2.41 bits per heavy atom. The minimum Gasteiger partial charge on any atom is -0.399 e. The van der Waals surface area contributed by atoms with Crippen molar-refractivity contribution in [1.29, 1.82) is 0 Å². The summed E-state index contributed by atoms with van der Waals surface area (Å²) in [5.41, 5.74) is 9.13. The number of hydrogen-bond donors (Lipinski definition) is 1. The topological polar surface area (TPSA) is 26.0 Å². The Hall–Kier alpha value is -1.80. The summed E-state index contributed by atoms with van der Waals surface area (Å²) < 4.78 is 1.34. The van der Waals surface area contributed by atoms with Crippen molar-refractivity contribution in [3.8, 4) is 11.1 Å². The molecule has 0 aliphatic carbocycles. The van der Waals surface area contributed by atoms with Crippen LogP contribution < -0.4 is 5.73 Å². The van der Waals surface area contributed by atoms with Gasteiger partial charge in [0.2, 0.25) is 0 Å². The zero-order valence-corrected chi connectivity index (χ0v) is 10.4. The molecule has 0 saturated heterocycles. The molecule has 0 aliphatic heterocycles. The number of aryl methyl sites for hydroxylation is 1. The zero-order valence-electron chi connectivity index (χ0n) is 9.60. The molecule has 0 fully saturated rings. The Labute approximate surface area is 105 Å². The van der Waals surface area contributed by atoms with Gasteiger partial charge in [-0.05, 0) is 30.7 Å². The molecule has 2 N–H and O–H groups in total. The molecule has 2 aromatic carbocycles. The average molecular weight is 239 g/mol. The van der Waals surface area contributed by atoms with Crippen LogP contribution in [0, 0.1) is 6.92 Å². The van der Waals surface area contributed by atoms with Crippen LogP contribution in [-0.2, 0) is 0 Å². The van der Waals surface area contributed by atoms with E-state index in [0.29, 0.717) is 0 Å². The number of hydrogen-bond acceptors (Lipinski definition) is 2. The van der Waals surface area contributed by atoms with Crippen LogP contribution in [-0.4, -0.2) is 0 Å². The van der Waals surface area contributed by atoms with E-state index in [0.717, 1.165) is 5.69 Å². The quantitative estimate of drug-likeness (QED) is 0.623. The highest BCUT2D eigenvalue weighted by Gasteiger charge is 2.09. The van der Waals surface area contributed by atoms with E-state index in [4.69, 9.17) is 5.73 Å². The van der Waals surface area contributed by atoms with Crippen LogP contribution in [0.15, 0.2) is 48.5 Å². The van der Waals surface area contributed by atoms with Crippen molar-refractivity contribution in [3.05, 3.63) is 53.4 Å². The minimum atomic E-state index is 0.811. The summed E-state index contributed by atoms with van der Waals surface area (Å²) in [6.45, 7) is 2.18. The summed E-state index contributed by atoms with van der Waals surface area (Å²) in [7, 11) is 0. The number of benzene rings is 2. The van der Waals surface area contributed by atoms with Crippen molar-refractivity contribution in [2.45, 2.75) is 6.92 Å². The van der Waals surface area contributed by atoms with Gasteiger partial charge >= 0.3 is 0 Å². The fourth-order valence-corrected chi connectivity index (χ4v) is 3.26. The third kappa shape index (κ3) is 1.71. The average Bonchev–Trinajstić information content (AvgIpc) is 2.66. The summed E-state index contributed by atoms with van der Waals surface area (Å²) in [6, 6.07) is 16.6. The second-order valence-electron chi connectivity index (χ2n) is 4.15. The first-order chi connectivity index (χ1) is 8.25. The van der Waals surface area contributed by atoms with E-state index in [-0.39, 0.29) is 0 Å². The fraction of sp³-hybridized carbons (Fsp3) is 0.0667. The van der Waals surface area contributed by atoms with Crippen LogP contribution in [0.5, 0.6) is 0 Å². The van der Waals surface area contributed by atoms with E-state index in [9.17, 15) is 0 Å². The van der Waals surface area contributed by atoms with E-state index in [1.807, 2.05) is 23.5 Å². The molecule has 0 unspecified atom stereocenters. The first kappa shape index (κ1) is 10.4. The normalized spacial score (nSPS) is 10.9. The molecule has 0 bridgehead atoms. The molecule has 1 nitrogen and oxygen atoms in total. The molecule has 1 heterocycles. The Kier molecular flexibility index (Phi) is 2.37. The van der Waals surface area contributed by atoms with Crippen LogP contribution >= 0.6 is 11.3 Å². The second kappa shape index (κ2) is 3.90. The van der Waals surface area contributed by atoms with Crippen LogP contribution in [0.3, 0.4) is 0 Å². The van der Waals surface area contributed by atoms with Gasteiger partial charge in [-0.25, -0.2) is 0 Å². The summed E-state index contributed by atoms with van der Waals surface area (Å²) in [4.78, 5) is 1.36. The van der Waals surface area contributed by atoms with Gasteiger partial charge in [-0.1, -0.05) is 30.3 Å². The molecule has 84 valence electrons. The lowest BCUT2D eigenvalue weighted by atomic mass is 10.0. The van der Waals surface area contributed by atoms with Crippen LogP contribution in [0.4, 0.5) is 5.69 Å². The molecule has 17 heavy (non-hydrogen) atoms. The molecule has 0 saturated carbocycles. The lowest BCUT2D eigenvalue weighted by molar-refractivity contribution is 1.59. The minimum absolute atomic E-state index is 0.811. The smallest absolute Gasteiger partial charge is 0.0352 e. The van der Waals surface area contributed by atoms with Crippen molar-refractivity contribution < 1.29 is 0 Å². The highest BCUT2D eigenvalue weighted by molar-refractivity contribution is 7.19. The summed E-state index contributed by atoms with van der Waals surface area (Å²) >= 11 is 1.85. The molecular weight excluding hydrogens is 226 g/mol. The van der Waals surface area contributed by atoms with Gasteiger partial charge < -0.3 is 5.73 Å². The van der Waals surface area contributed by atoms with Crippen molar-refractivity contribution in [2.24, 2.45) is 0 Å². The van der Waals surface area contributed by atoms with Crippen LogP contribution in [0.2, 0.25) is 0 Å². The number of nitrogens with two attached hydrogens (primary N) is 1. The van der Waals surface area contributed by atoms with Gasteiger partial charge in [0.05, 0.1) is 0 Å². The number of thiophene rings is 1. The number of nitrogen functional groups attached to an aromatic ring is 1. The van der Waals surface area contributed by atoms with Crippen molar-refractivity contribution in [1.82, 2.24) is 0 Å². The Bertz CT molecular complexity index is 665. The van der Waals surface area contributed by atoms with Crippen LogP contribution in [0.1, 0.15) is 4.88 Å². The van der Waals surface area contributed by atoms with Crippen molar-refractivity contribution in [2.75, 3.05) is 5.73 Å². The second-order valence-corrected chi connectivity index (χ2v) is 5.41. The number of rotatable bonds is 1. The molecule has 2 heteroatoms. The van der Waals surface area contributed by atoms with E-state index < -0.39 is 0 Å². The molecule has 3 rings (SSSR count). The predicted molar refractivity (Wildman–Crippen MR) is 76.4 cm³/mol. The Morgan fingerprint density at radius 1 is 0.941 bits per heavy atom. The lowest BCUT2D eigenvalue weighted by Crippen LogP contribution is -1.84. The van der Waals surface area contributed by atoms with Gasteiger partial charge in [-0.15, -0.1) is 11.3 Å². The maximum Gasteiger partial charge on any atom is 0.0352 e. The SMILES string of the molecule is Cc1sc2ccccc2c1-c1ccc(N)cc1. The summed E-state index contributed by atoms with van der Waals surface area (Å²) in [5, 5.41) is 1.33.